The third-order valence-electron chi connectivity index (χ3n) is 1.88. The van der Waals surface area contributed by atoms with Crippen molar-refractivity contribution in [3.8, 4) is 0 Å². The van der Waals surface area contributed by atoms with E-state index in [2.05, 4.69) is 21.0 Å². The summed E-state index contributed by atoms with van der Waals surface area (Å²) in [6.45, 7) is -0.437. The van der Waals surface area contributed by atoms with Gasteiger partial charge in [-0.05, 0) is 0 Å². The van der Waals surface area contributed by atoms with Gasteiger partial charge in [0.05, 0.1) is 18.4 Å². The lowest BCUT2D eigenvalue weighted by Crippen LogP contribution is -2.37. The average Bonchev–Trinajstić information content (AvgIpc) is 2.72. The van der Waals surface area contributed by atoms with E-state index >= 15 is 0 Å². The number of hydrogen-bond acceptors (Lipinski definition) is 4. The maximum absolute atomic E-state index is 11.3. The molecule has 1 rings (SSSR count). The highest BCUT2D eigenvalue weighted by molar-refractivity contribution is 5.91. The molecule has 0 aliphatic carbocycles. The molecular weight excluding hydrogens is 242 g/mol. The van der Waals surface area contributed by atoms with Gasteiger partial charge in [-0.15, -0.1) is 0 Å². The zero-order valence-corrected chi connectivity index (χ0v) is 9.64. The molecule has 98 valence electrons. The molecule has 0 saturated heterocycles. The number of likely N-dealkylation sites (N-methyl/N-ethyl adjacent to an activating group) is 1. The van der Waals surface area contributed by atoms with Gasteiger partial charge in [0, 0.05) is 13.2 Å². The van der Waals surface area contributed by atoms with Gasteiger partial charge in [-0.25, -0.2) is 4.79 Å². The van der Waals surface area contributed by atoms with Gasteiger partial charge in [-0.2, -0.15) is 5.10 Å². The van der Waals surface area contributed by atoms with Crippen LogP contribution < -0.4 is 16.0 Å². The van der Waals surface area contributed by atoms with Gasteiger partial charge in [0.25, 0.3) is 0 Å². The third kappa shape index (κ3) is 4.51. The Kier molecular flexibility index (Phi) is 4.67. The number of carbonyl (C=O) groups is 3. The van der Waals surface area contributed by atoms with Crippen LogP contribution in [0.4, 0.5) is 10.5 Å². The molecule has 0 saturated carbocycles. The Labute approximate surface area is 102 Å². The fourth-order valence-electron chi connectivity index (χ4n) is 1.08. The molecule has 0 fully saturated rings. The summed E-state index contributed by atoms with van der Waals surface area (Å²) in [4.78, 5) is 32.6. The van der Waals surface area contributed by atoms with Gasteiger partial charge in [0.1, 0.15) is 6.54 Å². The van der Waals surface area contributed by atoms with Gasteiger partial charge in [0.2, 0.25) is 5.91 Å². The second-order valence-corrected chi connectivity index (χ2v) is 3.30. The number of carboxylic acid groups (broad SMARTS) is 1. The summed E-state index contributed by atoms with van der Waals surface area (Å²) in [5, 5.41) is 19.3. The van der Waals surface area contributed by atoms with Gasteiger partial charge in [-0.1, -0.05) is 0 Å². The van der Waals surface area contributed by atoms with Gasteiger partial charge in [0.15, 0.2) is 0 Å². The normalized spacial score (nSPS) is 9.61. The fraction of sp³-hybridized carbons (Fsp3) is 0.333. The first-order valence-corrected chi connectivity index (χ1v) is 5.01. The maximum atomic E-state index is 11.3. The zero-order chi connectivity index (χ0) is 13.5. The summed E-state index contributed by atoms with van der Waals surface area (Å²) in [6, 6.07) is -0.575. The molecule has 0 unspecified atom stereocenters. The van der Waals surface area contributed by atoms with Crippen LogP contribution in [-0.2, 0) is 16.1 Å². The van der Waals surface area contributed by atoms with E-state index in [0.29, 0.717) is 5.69 Å². The van der Waals surface area contributed by atoms with E-state index < -0.39 is 12.0 Å². The van der Waals surface area contributed by atoms with Crippen molar-refractivity contribution in [3.05, 3.63) is 12.4 Å². The smallest absolute Gasteiger partial charge is 0.325 e. The lowest BCUT2D eigenvalue weighted by molar-refractivity contribution is -0.137. The summed E-state index contributed by atoms with van der Waals surface area (Å²) in [6.07, 6.45) is 2.68. The van der Waals surface area contributed by atoms with E-state index in [9.17, 15) is 14.4 Å². The summed E-state index contributed by atoms with van der Waals surface area (Å²) in [7, 11) is 1.46. The van der Waals surface area contributed by atoms with Crippen molar-refractivity contribution in [2.45, 2.75) is 6.54 Å². The monoisotopic (exact) mass is 255 g/mol. The van der Waals surface area contributed by atoms with Crippen LogP contribution in [0.3, 0.4) is 0 Å². The molecule has 0 bridgehead atoms. The summed E-state index contributed by atoms with van der Waals surface area (Å²) in [5.41, 5.74) is 0.339. The number of aliphatic carboxylic acids is 1. The SMILES string of the molecule is CNC(=O)CNC(=O)Nc1cnn(CC(=O)O)c1. The Balaban J connectivity index is 2.42. The Bertz CT molecular complexity index is 456. The van der Waals surface area contributed by atoms with E-state index in [-0.39, 0.29) is 19.0 Å². The summed E-state index contributed by atoms with van der Waals surface area (Å²) >= 11 is 0. The predicted molar refractivity (Wildman–Crippen MR) is 61.0 cm³/mol. The lowest BCUT2D eigenvalue weighted by Gasteiger charge is -2.04. The van der Waals surface area contributed by atoms with E-state index in [0.717, 1.165) is 4.68 Å². The maximum Gasteiger partial charge on any atom is 0.325 e. The number of nitrogens with one attached hydrogen (secondary N) is 3. The van der Waals surface area contributed by atoms with Crippen LogP contribution in [-0.4, -0.2) is 46.4 Å². The number of hydrogen-bond donors (Lipinski definition) is 4. The molecule has 1 heterocycles. The Morgan fingerprint density at radius 2 is 2.17 bits per heavy atom. The number of urea groups is 1. The second-order valence-electron chi connectivity index (χ2n) is 3.30. The molecule has 9 heteroatoms. The van der Waals surface area contributed by atoms with E-state index in [4.69, 9.17) is 5.11 Å². The lowest BCUT2D eigenvalue weighted by atomic mass is 10.5. The van der Waals surface area contributed by atoms with Crippen LogP contribution in [0.2, 0.25) is 0 Å². The molecule has 0 aromatic carbocycles. The standard InChI is InChI=1S/C9H13N5O4/c1-10-7(15)3-11-9(18)13-6-2-12-14(4-6)5-8(16)17/h2,4H,3,5H2,1H3,(H,10,15)(H,16,17)(H2,11,13,18). The molecule has 1 aromatic rings. The van der Waals surface area contributed by atoms with Crippen LogP contribution in [0.15, 0.2) is 12.4 Å². The third-order valence-corrected chi connectivity index (χ3v) is 1.88. The molecule has 18 heavy (non-hydrogen) atoms. The van der Waals surface area contributed by atoms with Crippen molar-refractivity contribution in [2.24, 2.45) is 0 Å². The Morgan fingerprint density at radius 3 is 2.78 bits per heavy atom. The first-order chi connectivity index (χ1) is 8.51. The Morgan fingerprint density at radius 1 is 1.44 bits per heavy atom. The van der Waals surface area contributed by atoms with Crippen molar-refractivity contribution in [3.63, 3.8) is 0 Å². The van der Waals surface area contributed by atoms with Crippen LogP contribution in [0.5, 0.6) is 0 Å². The first-order valence-electron chi connectivity index (χ1n) is 5.01. The number of carboxylic acids is 1. The van der Waals surface area contributed by atoms with Crippen LogP contribution in [0, 0.1) is 0 Å². The van der Waals surface area contributed by atoms with Gasteiger partial charge < -0.3 is 21.1 Å². The largest absolute Gasteiger partial charge is 0.480 e. The number of amides is 3. The quantitative estimate of drug-likeness (QED) is 0.528. The molecule has 0 aliphatic heterocycles. The number of rotatable bonds is 5. The predicted octanol–water partition coefficient (Wildman–Crippen LogP) is -1.16. The highest BCUT2D eigenvalue weighted by Gasteiger charge is 2.07. The number of aromatic nitrogens is 2. The summed E-state index contributed by atoms with van der Waals surface area (Å²) < 4.78 is 1.16. The van der Waals surface area contributed by atoms with Crippen molar-refractivity contribution >= 4 is 23.6 Å². The highest BCUT2D eigenvalue weighted by atomic mass is 16.4. The molecule has 0 atom stereocenters. The van der Waals surface area contributed by atoms with Crippen molar-refractivity contribution < 1.29 is 19.5 Å². The molecular formula is C9H13N5O4. The molecule has 3 amide bonds. The fourth-order valence-corrected chi connectivity index (χ4v) is 1.08. The second kappa shape index (κ2) is 6.23. The summed E-state index contributed by atoms with van der Waals surface area (Å²) in [5.74, 6) is -1.36. The molecule has 0 aliphatic rings. The number of carbonyl (C=O) groups excluding carboxylic acids is 2. The Hall–Kier alpha value is -2.58. The van der Waals surface area contributed by atoms with Crippen LogP contribution in [0.1, 0.15) is 0 Å². The topological polar surface area (TPSA) is 125 Å². The minimum Gasteiger partial charge on any atom is -0.480 e. The molecule has 1 aromatic heterocycles. The zero-order valence-electron chi connectivity index (χ0n) is 9.64. The first kappa shape index (κ1) is 13.5. The molecule has 9 nitrogen and oxygen atoms in total. The van der Waals surface area contributed by atoms with E-state index in [1.807, 2.05) is 0 Å². The van der Waals surface area contributed by atoms with E-state index in [1.54, 1.807) is 0 Å². The molecule has 4 N–H and O–H groups in total. The van der Waals surface area contributed by atoms with Crippen LogP contribution >= 0.6 is 0 Å². The number of nitrogens with zero attached hydrogens (tertiary/aromatic N) is 2. The average molecular weight is 255 g/mol. The van der Waals surface area contributed by atoms with Gasteiger partial charge >= 0.3 is 12.0 Å². The minimum atomic E-state index is -1.03. The van der Waals surface area contributed by atoms with Crippen molar-refractivity contribution in [1.82, 2.24) is 20.4 Å². The highest BCUT2D eigenvalue weighted by Crippen LogP contribution is 2.03. The van der Waals surface area contributed by atoms with Crippen molar-refractivity contribution in [1.29, 1.82) is 0 Å². The van der Waals surface area contributed by atoms with E-state index in [1.165, 1.54) is 19.4 Å². The molecule has 0 radical (unpaired) electrons. The molecule has 0 spiro atoms. The van der Waals surface area contributed by atoms with Gasteiger partial charge in [-0.3, -0.25) is 14.3 Å². The van der Waals surface area contributed by atoms with Crippen molar-refractivity contribution in [2.75, 3.05) is 18.9 Å². The minimum absolute atomic E-state index is 0.147. The number of anilines is 1. The van der Waals surface area contributed by atoms with Crippen LogP contribution in [0.25, 0.3) is 0 Å².